The van der Waals surface area contributed by atoms with Gasteiger partial charge < -0.3 is 0 Å². The van der Waals surface area contributed by atoms with Gasteiger partial charge in [0.05, 0.1) is 0 Å². The molecule has 4 aliphatic rings. The lowest BCUT2D eigenvalue weighted by Gasteiger charge is -2.60. The minimum absolute atomic E-state index is 0.334. The topological polar surface area (TPSA) is 17.1 Å². The van der Waals surface area contributed by atoms with Crippen LogP contribution in [0.1, 0.15) is 112 Å². The van der Waals surface area contributed by atoms with Crippen molar-refractivity contribution in [2.75, 3.05) is 0 Å². The van der Waals surface area contributed by atoms with Gasteiger partial charge in [0, 0.05) is 12.3 Å². The summed E-state index contributed by atoms with van der Waals surface area (Å²) in [6.07, 6.45) is 16.0. The molecule has 0 spiro atoms. The van der Waals surface area contributed by atoms with Crippen molar-refractivity contribution in [3.05, 3.63) is 0 Å². The summed E-state index contributed by atoms with van der Waals surface area (Å²) < 4.78 is 0. The van der Waals surface area contributed by atoms with Crippen LogP contribution in [0.15, 0.2) is 0 Å². The van der Waals surface area contributed by atoms with E-state index in [4.69, 9.17) is 0 Å². The summed E-state index contributed by atoms with van der Waals surface area (Å²) in [6.45, 7) is 12.5. The number of fused-ring (bicyclic) bond motifs is 5. The van der Waals surface area contributed by atoms with Crippen molar-refractivity contribution >= 4 is 5.78 Å². The number of hydrogen-bond donors (Lipinski definition) is 0. The third-order valence-corrected chi connectivity index (χ3v) is 10.6. The van der Waals surface area contributed by atoms with E-state index in [0.29, 0.717) is 22.5 Å². The van der Waals surface area contributed by atoms with Gasteiger partial charge in [-0.3, -0.25) is 4.79 Å². The van der Waals surface area contributed by atoms with Crippen LogP contribution in [0.25, 0.3) is 0 Å². The zero-order chi connectivity index (χ0) is 20.1. The van der Waals surface area contributed by atoms with E-state index in [1.165, 1.54) is 64.2 Å². The molecule has 0 unspecified atom stereocenters. The number of rotatable bonds is 5. The molecule has 0 heterocycles. The minimum atomic E-state index is 0.334. The Morgan fingerprint density at radius 3 is 2.39 bits per heavy atom. The summed E-state index contributed by atoms with van der Waals surface area (Å²) >= 11 is 0. The number of ketones is 1. The zero-order valence-electron chi connectivity index (χ0n) is 19.4. The second-order valence-electron chi connectivity index (χ2n) is 12.4. The standard InChI is InChI=1S/C27H46O/c1-18(2)8-6-9-19(3)21-13-14-22-20-11-12-24-25(28)10-7-16-26(24,4)23(20)15-17-27(21,22)5/h18-24H,6-17H2,1-5H3/t19-,20+,21+,22-,23+,24+,26-,27+/m1/s1. The predicted molar refractivity (Wildman–Crippen MR) is 118 cm³/mol. The van der Waals surface area contributed by atoms with E-state index in [2.05, 4.69) is 34.6 Å². The second kappa shape index (κ2) is 7.73. The van der Waals surface area contributed by atoms with Crippen LogP contribution in [0.3, 0.4) is 0 Å². The fraction of sp³-hybridized carbons (Fsp3) is 0.963. The molecule has 4 aliphatic carbocycles. The Labute approximate surface area is 174 Å². The zero-order valence-corrected chi connectivity index (χ0v) is 19.4. The van der Waals surface area contributed by atoms with E-state index in [0.717, 1.165) is 48.3 Å². The number of hydrogen-bond acceptors (Lipinski definition) is 1. The van der Waals surface area contributed by atoms with Gasteiger partial charge >= 0.3 is 0 Å². The fourth-order valence-corrected chi connectivity index (χ4v) is 9.19. The van der Waals surface area contributed by atoms with E-state index >= 15 is 0 Å². The number of Topliss-reactive ketones (excluding diaryl/α,β-unsaturated/α-hetero) is 1. The van der Waals surface area contributed by atoms with Gasteiger partial charge in [0.25, 0.3) is 0 Å². The Hall–Kier alpha value is -0.330. The molecular formula is C27H46O. The molecule has 4 saturated carbocycles. The Morgan fingerprint density at radius 1 is 0.893 bits per heavy atom. The number of carbonyl (C=O) groups excluding carboxylic acids is 1. The maximum atomic E-state index is 12.7. The molecule has 0 aromatic heterocycles. The summed E-state index contributed by atoms with van der Waals surface area (Å²) in [6, 6.07) is 0. The monoisotopic (exact) mass is 386 g/mol. The van der Waals surface area contributed by atoms with Crippen LogP contribution in [0.2, 0.25) is 0 Å². The largest absolute Gasteiger partial charge is 0.299 e. The maximum absolute atomic E-state index is 12.7. The number of carbonyl (C=O) groups is 1. The molecule has 0 aromatic rings. The molecule has 0 radical (unpaired) electrons. The van der Waals surface area contributed by atoms with Gasteiger partial charge in [0.1, 0.15) is 5.78 Å². The molecule has 28 heavy (non-hydrogen) atoms. The SMILES string of the molecule is CC(C)CCC[C@@H](C)[C@@H]1CC[C@@H]2[C@@H]3CC[C@H]4C(=O)CCC[C@]4(C)[C@H]3CC[C@]21C. The van der Waals surface area contributed by atoms with Gasteiger partial charge in [0.15, 0.2) is 0 Å². The molecular weight excluding hydrogens is 340 g/mol. The first-order chi connectivity index (χ1) is 13.3. The van der Waals surface area contributed by atoms with Gasteiger partial charge in [-0.1, -0.05) is 53.9 Å². The first-order valence-corrected chi connectivity index (χ1v) is 12.8. The Morgan fingerprint density at radius 2 is 1.64 bits per heavy atom. The summed E-state index contributed by atoms with van der Waals surface area (Å²) in [4.78, 5) is 12.7. The summed E-state index contributed by atoms with van der Waals surface area (Å²) in [5, 5.41) is 0. The normalized spacial score (nSPS) is 46.8. The average molecular weight is 387 g/mol. The van der Waals surface area contributed by atoms with E-state index < -0.39 is 0 Å². The van der Waals surface area contributed by atoms with Crippen molar-refractivity contribution in [3.63, 3.8) is 0 Å². The predicted octanol–water partition coefficient (Wildman–Crippen LogP) is 7.68. The van der Waals surface area contributed by atoms with Crippen molar-refractivity contribution in [2.45, 2.75) is 112 Å². The van der Waals surface area contributed by atoms with E-state index in [1.807, 2.05) is 0 Å². The van der Waals surface area contributed by atoms with E-state index in [1.54, 1.807) is 0 Å². The van der Waals surface area contributed by atoms with Crippen LogP contribution in [0, 0.1) is 52.3 Å². The summed E-state index contributed by atoms with van der Waals surface area (Å²) in [5.41, 5.74) is 0.917. The smallest absolute Gasteiger partial charge is 0.136 e. The van der Waals surface area contributed by atoms with Crippen molar-refractivity contribution in [2.24, 2.45) is 52.3 Å². The molecule has 1 heteroatoms. The Bertz CT molecular complexity index is 579. The van der Waals surface area contributed by atoms with Gasteiger partial charge in [0.2, 0.25) is 0 Å². The van der Waals surface area contributed by atoms with Crippen LogP contribution < -0.4 is 0 Å². The van der Waals surface area contributed by atoms with Gasteiger partial charge in [-0.15, -0.1) is 0 Å². The third-order valence-electron chi connectivity index (χ3n) is 10.6. The molecule has 0 saturated heterocycles. The van der Waals surface area contributed by atoms with Crippen molar-refractivity contribution in [3.8, 4) is 0 Å². The van der Waals surface area contributed by atoms with Crippen molar-refractivity contribution in [1.82, 2.24) is 0 Å². The fourth-order valence-electron chi connectivity index (χ4n) is 9.19. The quantitative estimate of drug-likeness (QED) is 0.473. The highest BCUT2D eigenvalue weighted by atomic mass is 16.1. The third kappa shape index (κ3) is 3.31. The molecule has 0 bridgehead atoms. The van der Waals surface area contributed by atoms with Crippen LogP contribution in [0.5, 0.6) is 0 Å². The van der Waals surface area contributed by atoms with E-state index in [-0.39, 0.29) is 0 Å². The first kappa shape index (κ1) is 20.9. The summed E-state index contributed by atoms with van der Waals surface area (Å²) in [7, 11) is 0. The molecule has 4 fully saturated rings. The lowest BCUT2D eigenvalue weighted by Crippen LogP contribution is -2.54. The van der Waals surface area contributed by atoms with Crippen LogP contribution in [-0.4, -0.2) is 5.78 Å². The average Bonchev–Trinajstić information content (AvgIpc) is 2.98. The minimum Gasteiger partial charge on any atom is -0.299 e. The van der Waals surface area contributed by atoms with Gasteiger partial charge in [-0.25, -0.2) is 0 Å². The Kier molecular flexibility index (Phi) is 5.78. The highest BCUT2D eigenvalue weighted by Crippen LogP contribution is 2.68. The molecule has 8 atom stereocenters. The molecule has 160 valence electrons. The van der Waals surface area contributed by atoms with Crippen LogP contribution in [-0.2, 0) is 4.79 Å². The molecule has 0 N–H and O–H groups in total. The highest BCUT2D eigenvalue weighted by molar-refractivity contribution is 5.82. The lowest BCUT2D eigenvalue weighted by molar-refractivity contribution is -0.149. The van der Waals surface area contributed by atoms with Gasteiger partial charge in [-0.05, 0) is 97.7 Å². The summed E-state index contributed by atoms with van der Waals surface area (Å²) in [5.74, 6) is 6.41. The second-order valence-corrected chi connectivity index (χ2v) is 12.4. The van der Waals surface area contributed by atoms with E-state index in [9.17, 15) is 4.79 Å². The molecule has 0 amide bonds. The maximum Gasteiger partial charge on any atom is 0.136 e. The van der Waals surface area contributed by atoms with Crippen LogP contribution >= 0.6 is 0 Å². The molecule has 1 nitrogen and oxygen atoms in total. The van der Waals surface area contributed by atoms with Crippen molar-refractivity contribution in [1.29, 1.82) is 0 Å². The van der Waals surface area contributed by atoms with Crippen molar-refractivity contribution < 1.29 is 4.79 Å². The molecule has 0 aromatic carbocycles. The van der Waals surface area contributed by atoms with Gasteiger partial charge in [-0.2, -0.15) is 0 Å². The Balaban J connectivity index is 1.48. The van der Waals surface area contributed by atoms with Crippen LogP contribution in [0.4, 0.5) is 0 Å². The highest BCUT2D eigenvalue weighted by Gasteiger charge is 2.61. The first-order valence-electron chi connectivity index (χ1n) is 12.8. The lowest BCUT2D eigenvalue weighted by atomic mass is 9.44. The molecule has 0 aliphatic heterocycles. The molecule has 4 rings (SSSR count).